The Morgan fingerprint density at radius 2 is 1.93 bits per heavy atom. The van der Waals surface area contributed by atoms with E-state index in [1.807, 2.05) is 18.2 Å². The number of hydrogen-bond acceptors (Lipinski definition) is 4. The highest BCUT2D eigenvalue weighted by molar-refractivity contribution is 6.48. The normalized spacial score (nSPS) is 20.2. The van der Waals surface area contributed by atoms with Crippen LogP contribution in [0.25, 0.3) is 0 Å². The van der Waals surface area contributed by atoms with Crippen LogP contribution in [0, 0.1) is 5.41 Å². The van der Waals surface area contributed by atoms with Gasteiger partial charge in [0.25, 0.3) is 0 Å². The van der Waals surface area contributed by atoms with E-state index in [1.165, 1.54) is 0 Å². The van der Waals surface area contributed by atoms with Gasteiger partial charge in [0, 0.05) is 22.7 Å². The van der Waals surface area contributed by atoms with E-state index in [2.05, 4.69) is 57.1 Å². The van der Waals surface area contributed by atoms with Crippen molar-refractivity contribution >= 4 is 20.6 Å². The molecule has 0 bridgehead atoms. The molecule has 0 fully saturated rings. The molecule has 0 saturated heterocycles. The predicted molar refractivity (Wildman–Crippen MR) is 119 cm³/mol. The van der Waals surface area contributed by atoms with Gasteiger partial charge in [-0.15, -0.1) is 0 Å². The molecule has 1 unspecified atom stereocenters. The largest absolute Gasteiger partial charge is 0.413 e. The Kier molecular flexibility index (Phi) is 8.03. The van der Waals surface area contributed by atoms with Crippen LogP contribution in [0.5, 0.6) is 0 Å². The summed E-state index contributed by atoms with van der Waals surface area (Å²) in [6.07, 6.45) is 3.14. The van der Waals surface area contributed by atoms with Gasteiger partial charge in [-0.05, 0) is 37.6 Å². The average molecular weight is 424 g/mol. The first-order valence-corrected chi connectivity index (χ1v) is 13.0. The minimum Gasteiger partial charge on any atom is -0.413 e. The van der Waals surface area contributed by atoms with Crippen molar-refractivity contribution in [2.45, 2.75) is 72.3 Å². The number of unbranched alkanes of at least 4 members (excludes halogenated alkanes) is 1. The Labute approximate surface area is 177 Å². The van der Waals surface area contributed by atoms with E-state index in [4.69, 9.17) is 16.0 Å². The quantitative estimate of drug-likeness (QED) is 0.539. The molecule has 0 spiro atoms. The monoisotopic (exact) mass is 423 g/mol. The molecule has 1 radical (unpaired) electrons. The van der Waals surface area contributed by atoms with Gasteiger partial charge in [0.15, 0.2) is 0 Å². The topological polar surface area (TPSA) is 44.7 Å². The number of hydrogen-bond donors (Lipinski definition) is 2. The third-order valence-electron chi connectivity index (χ3n) is 5.22. The fraction of sp³-hybridized carbons (Fsp3) is 0.636. The van der Waals surface area contributed by atoms with Crippen molar-refractivity contribution in [1.82, 2.24) is 10.2 Å². The van der Waals surface area contributed by atoms with E-state index in [0.717, 1.165) is 41.2 Å². The van der Waals surface area contributed by atoms with Crippen molar-refractivity contribution in [3.8, 4) is 0 Å². The highest BCUT2D eigenvalue weighted by Crippen LogP contribution is 2.41. The number of allylic oxidation sites excluding steroid dienone is 1. The molecule has 1 aliphatic heterocycles. The van der Waals surface area contributed by atoms with Gasteiger partial charge in [-0.1, -0.05) is 63.9 Å². The van der Waals surface area contributed by atoms with Crippen LogP contribution in [0.3, 0.4) is 0 Å². The van der Waals surface area contributed by atoms with Crippen LogP contribution in [-0.4, -0.2) is 37.9 Å². The molecule has 1 heterocycles. The molecule has 1 aliphatic rings. The lowest BCUT2D eigenvalue weighted by Crippen LogP contribution is -2.57. The zero-order valence-corrected chi connectivity index (χ0v) is 20.0. The average Bonchev–Trinajstić information content (AvgIpc) is 2.94. The van der Waals surface area contributed by atoms with Crippen molar-refractivity contribution in [3.05, 3.63) is 46.2 Å². The Bertz CT molecular complexity index is 687. The summed E-state index contributed by atoms with van der Waals surface area (Å²) < 4.78 is 6.23. The molecular weight excluding hydrogens is 388 g/mol. The second-order valence-electron chi connectivity index (χ2n) is 8.86. The maximum absolute atomic E-state index is 10.3. The third-order valence-corrected chi connectivity index (χ3v) is 6.31. The zero-order valence-electron chi connectivity index (χ0n) is 18.2. The fourth-order valence-electron chi connectivity index (χ4n) is 3.71. The van der Waals surface area contributed by atoms with Crippen molar-refractivity contribution in [3.63, 3.8) is 0 Å². The Morgan fingerprint density at radius 1 is 1.25 bits per heavy atom. The molecule has 1 aromatic carbocycles. The van der Waals surface area contributed by atoms with Crippen molar-refractivity contribution in [1.29, 1.82) is 0 Å². The molecule has 4 nitrogen and oxygen atoms in total. The summed E-state index contributed by atoms with van der Waals surface area (Å²) in [5, 5.41) is 14.9. The molecule has 6 heteroatoms. The summed E-state index contributed by atoms with van der Waals surface area (Å²) in [5.41, 5.74) is 2.65. The summed E-state index contributed by atoms with van der Waals surface area (Å²) in [6.45, 7) is 14.3. The summed E-state index contributed by atoms with van der Waals surface area (Å²) in [5.74, 6) is 0. The van der Waals surface area contributed by atoms with Gasteiger partial charge in [-0.3, -0.25) is 0 Å². The Balaban J connectivity index is 2.52. The van der Waals surface area contributed by atoms with Crippen LogP contribution in [0.15, 0.2) is 35.7 Å². The first kappa shape index (κ1) is 23.3. The van der Waals surface area contributed by atoms with Gasteiger partial charge < -0.3 is 19.7 Å². The summed E-state index contributed by atoms with van der Waals surface area (Å²) in [6, 6.07) is 7.96. The van der Waals surface area contributed by atoms with Gasteiger partial charge in [-0.2, -0.15) is 0 Å². The van der Waals surface area contributed by atoms with Gasteiger partial charge >= 0.3 is 0 Å². The molecule has 1 aromatic rings. The van der Waals surface area contributed by atoms with Gasteiger partial charge in [0.05, 0.1) is 18.9 Å². The first-order chi connectivity index (χ1) is 13.1. The minimum absolute atomic E-state index is 0.00596. The number of halogens is 1. The molecule has 0 aliphatic carbocycles. The summed E-state index contributed by atoms with van der Waals surface area (Å²) in [4.78, 5) is 2.31. The summed E-state index contributed by atoms with van der Waals surface area (Å²) in [7, 11) is -0.837. The predicted octanol–water partition coefficient (Wildman–Crippen LogP) is 5.15. The van der Waals surface area contributed by atoms with Crippen molar-refractivity contribution < 1.29 is 9.53 Å². The molecule has 157 valence electrons. The maximum Gasteiger partial charge on any atom is 0.205 e. The van der Waals surface area contributed by atoms with Gasteiger partial charge in [0.1, 0.15) is 5.66 Å². The van der Waals surface area contributed by atoms with Crippen molar-refractivity contribution in [2.75, 3.05) is 13.2 Å². The van der Waals surface area contributed by atoms with Crippen LogP contribution in [-0.2, 0) is 11.0 Å². The SMILES string of the molecule is CCCCC1(CO[Si](C)C)NC(C(C)(C)C)=C(CO)N1Cc1ccccc1Cl. The molecule has 2 rings (SSSR count). The van der Waals surface area contributed by atoms with Crippen LogP contribution in [0.2, 0.25) is 18.1 Å². The molecule has 0 aromatic heterocycles. The van der Waals surface area contributed by atoms with Crippen LogP contribution < -0.4 is 5.32 Å². The van der Waals surface area contributed by atoms with E-state index in [9.17, 15) is 5.11 Å². The number of aliphatic hydroxyl groups excluding tert-OH is 1. The molecule has 2 N–H and O–H groups in total. The van der Waals surface area contributed by atoms with Crippen LogP contribution >= 0.6 is 11.6 Å². The number of nitrogens with zero attached hydrogens (tertiary/aromatic N) is 1. The lowest BCUT2D eigenvalue weighted by atomic mass is 9.90. The smallest absolute Gasteiger partial charge is 0.205 e. The second-order valence-corrected chi connectivity index (χ2v) is 11.4. The molecule has 0 amide bonds. The number of nitrogens with one attached hydrogen (secondary N) is 1. The third kappa shape index (κ3) is 5.32. The second kappa shape index (κ2) is 9.66. The standard InChI is InChI=1S/C22H36ClN2O2Si/c1-7-8-13-22(16-27-28(5)6)24-20(21(2,3)4)19(15-26)25(22)14-17-11-9-10-12-18(17)23/h9-12,24,26H,7-8,13-16H2,1-6H3. The van der Waals surface area contributed by atoms with Crippen LogP contribution in [0.1, 0.15) is 52.5 Å². The molecule has 28 heavy (non-hydrogen) atoms. The van der Waals surface area contributed by atoms with E-state index < -0.39 is 9.04 Å². The van der Waals surface area contributed by atoms with E-state index in [-0.39, 0.29) is 17.7 Å². The minimum atomic E-state index is -0.837. The lowest BCUT2D eigenvalue weighted by molar-refractivity contribution is 0.0412. The van der Waals surface area contributed by atoms with E-state index in [0.29, 0.717) is 13.2 Å². The van der Waals surface area contributed by atoms with Crippen molar-refractivity contribution in [2.24, 2.45) is 5.41 Å². The number of benzene rings is 1. The number of aliphatic hydroxyl groups is 1. The summed E-state index contributed by atoms with van der Waals surface area (Å²) >= 11 is 6.49. The maximum atomic E-state index is 10.3. The Hall–Kier alpha value is -1.01. The van der Waals surface area contributed by atoms with E-state index in [1.54, 1.807) is 0 Å². The molecule has 1 atom stereocenters. The lowest BCUT2D eigenvalue weighted by Gasteiger charge is -2.42. The first-order valence-electron chi connectivity index (χ1n) is 10.2. The van der Waals surface area contributed by atoms with Gasteiger partial charge in [-0.25, -0.2) is 0 Å². The molecule has 0 saturated carbocycles. The van der Waals surface area contributed by atoms with E-state index >= 15 is 0 Å². The van der Waals surface area contributed by atoms with Gasteiger partial charge in [0.2, 0.25) is 9.04 Å². The van der Waals surface area contributed by atoms with Crippen LogP contribution in [0.4, 0.5) is 0 Å². The number of rotatable bonds is 9. The highest BCUT2D eigenvalue weighted by Gasteiger charge is 2.47. The Morgan fingerprint density at radius 3 is 2.46 bits per heavy atom. The highest BCUT2D eigenvalue weighted by atomic mass is 35.5. The zero-order chi connectivity index (χ0) is 20.9. The molecular formula is C22H36ClN2O2Si. The fourth-order valence-corrected chi connectivity index (χ4v) is 4.43.